The van der Waals surface area contributed by atoms with E-state index in [4.69, 9.17) is 0 Å². The molecule has 0 bridgehead atoms. The Kier molecular flexibility index (Phi) is 1.74. The maximum atomic E-state index is 3.74. The van der Waals surface area contributed by atoms with E-state index in [1.807, 2.05) is 0 Å². The van der Waals surface area contributed by atoms with Gasteiger partial charge in [-0.05, 0) is 55.8 Å². The predicted octanol–water partition coefficient (Wildman–Crippen LogP) is 2.56. The van der Waals surface area contributed by atoms with Crippen molar-refractivity contribution in [2.45, 2.75) is 51.5 Å². The van der Waals surface area contributed by atoms with E-state index < -0.39 is 0 Å². The fourth-order valence-corrected chi connectivity index (χ4v) is 2.76. The third-order valence-corrected chi connectivity index (χ3v) is 4.37. The molecule has 1 heteroatoms. The van der Waals surface area contributed by atoms with E-state index in [1.54, 1.807) is 0 Å². The van der Waals surface area contributed by atoms with Crippen molar-refractivity contribution in [1.82, 2.24) is 5.32 Å². The normalized spacial score (nSPS) is 29.3. The Bertz CT molecular complexity index is 187. The monoisotopic (exact) mass is 179 g/mol. The van der Waals surface area contributed by atoms with E-state index >= 15 is 0 Å². The average molecular weight is 179 g/mol. The van der Waals surface area contributed by atoms with Gasteiger partial charge in [0.1, 0.15) is 0 Å². The molecular weight excluding hydrogens is 158 g/mol. The molecule has 0 unspecified atom stereocenters. The average Bonchev–Trinajstić information content (AvgIpc) is 3.06. The lowest BCUT2D eigenvalue weighted by Crippen LogP contribution is -2.36. The molecule has 0 atom stereocenters. The van der Waals surface area contributed by atoms with Crippen LogP contribution in [0.1, 0.15) is 45.4 Å². The molecule has 0 spiro atoms. The topological polar surface area (TPSA) is 12.0 Å². The quantitative estimate of drug-likeness (QED) is 0.684. The van der Waals surface area contributed by atoms with Crippen molar-refractivity contribution in [2.75, 3.05) is 6.54 Å². The molecule has 0 radical (unpaired) electrons. The van der Waals surface area contributed by atoms with E-state index in [0.717, 1.165) is 17.9 Å². The molecule has 0 aliphatic heterocycles. The van der Waals surface area contributed by atoms with Crippen LogP contribution in [0.4, 0.5) is 0 Å². The first-order valence-electron chi connectivity index (χ1n) is 6.02. The zero-order chi connectivity index (χ0) is 8.89. The summed E-state index contributed by atoms with van der Waals surface area (Å²) in [7, 11) is 0. The van der Waals surface area contributed by atoms with Crippen molar-refractivity contribution < 1.29 is 0 Å². The van der Waals surface area contributed by atoms with E-state index in [9.17, 15) is 0 Å². The highest BCUT2D eigenvalue weighted by atomic mass is 15.0. The van der Waals surface area contributed by atoms with Crippen LogP contribution in [0.15, 0.2) is 0 Å². The smallest absolute Gasteiger partial charge is 0.00684 e. The van der Waals surface area contributed by atoms with Crippen molar-refractivity contribution in [3.05, 3.63) is 0 Å². The van der Waals surface area contributed by atoms with E-state index in [2.05, 4.69) is 12.2 Å². The van der Waals surface area contributed by atoms with Crippen molar-refractivity contribution in [2.24, 2.45) is 17.3 Å². The molecule has 0 aromatic carbocycles. The van der Waals surface area contributed by atoms with Gasteiger partial charge in [0, 0.05) is 12.6 Å². The third kappa shape index (κ3) is 1.63. The molecule has 13 heavy (non-hydrogen) atoms. The van der Waals surface area contributed by atoms with Crippen molar-refractivity contribution >= 4 is 0 Å². The van der Waals surface area contributed by atoms with E-state index in [0.29, 0.717) is 5.41 Å². The van der Waals surface area contributed by atoms with Gasteiger partial charge < -0.3 is 5.32 Å². The number of hydrogen-bond acceptors (Lipinski definition) is 1. The number of rotatable bonds is 5. The van der Waals surface area contributed by atoms with Crippen LogP contribution in [0.2, 0.25) is 0 Å². The lowest BCUT2D eigenvalue weighted by molar-refractivity contribution is 0.214. The summed E-state index contributed by atoms with van der Waals surface area (Å²) in [6, 6.07) is 0.900. The largest absolute Gasteiger partial charge is 0.313 e. The van der Waals surface area contributed by atoms with E-state index in [1.165, 1.54) is 45.1 Å². The zero-order valence-electron chi connectivity index (χ0n) is 8.68. The summed E-state index contributed by atoms with van der Waals surface area (Å²) in [5.74, 6) is 2.15. The summed E-state index contributed by atoms with van der Waals surface area (Å²) in [5, 5.41) is 3.74. The summed E-state index contributed by atoms with van der Waals surface area (Å²) in [6.07, 6.45) is 8.92. The Morgan fingerprint density at radius 2 is 1.54 bits per heavy atom. The van der Waals surface area contributed by atoms with Crippen LogP contribution in [-0.4, -0.2) is 12.6 Å². The van der Waals surface area contributed by atoms with Gasteiger partial charge >= 0.3 is 0 Å². The highest BCUT2D eigenvalue weighted by molar-refractivity contribution is 5.02. The van der Waals surface area contributed by atoms with Crippen LogP contribution in [-0.2, 0) is 0 Å². The summed E-state index contributed by atoms with van der Waals surface area (Å²) in [5.41, 5.74) is 0.683. The molecule has 3 fully saturated rings. The first kappa shape index (κ1) is 8.28. The molecule has 3 rings (SSSR count). The van der Waals surface area contributed by atoms with Gasteiger partial charge in [0.15, 0.2) is 0 Å². The lowest BCUT2D eigenvalue weighted by Gasteiger charge is -2.30. The Morgan fingerprint density at radius 1 is 1.00 bits per heavy atom. The maximum absolute atomic E-state index is 3.74. The first-order valence-corrected chi connectivity index (χ1v) is 6.02. The molecule has 3 saturated carbocycles. The fourth-order valence-electron chi connectivity index (χ4n) is 2.76. The maximum Gasteiger partial charge on any atom is 0.00684 e. The van der Waals surface area contributed by atoms with Crippen molar-refractivity contribution in [3.63, 3.8) is 0 Å². The second kappa shape index (κ2) is 2.73. The minimum atomic E-state index is 0.683. The Labute approximate surface area is 81.3 Å². The van der Waals surface area contributed by atoms with Crippen LogP contribution < -0.4 is 5.32 Å². The summed E-state index contributed by atoms with van der Waals surface area (Å²) < 4.78 is 0. The molecular formula is C12H21N. The van der Waals surface area contributed by atoms with Crippen molar-refractivity contribution in [3.8, 4) is 0 Å². The minimum absolute atomic E-state index is 0.683. The third-order valence-electron chi connectivity index (χ3n) is 4.37. The minimum Gasteiger partial charge on any atom is -0.313 e. The molecule has 1 nitrogen and oxygen atoms in total. The number of nitrogens with one attached hydrogen (secondary N) is 1. The van der Waals surface area contributed by atoms with Gasteiger partial charge in [0.05, 0.1) is 0 Å². The molecule has 3 aliphatic rings. The molecule has 3 aliphatic carbocycles. The molecule has 74 valence electrons. The molecule has 0 aromatic rings. The van der Waals surface area contributed by atoms with Gasteiger partial charge in [-0.2, -0.15) is 0 Å². The highest BCUT2D eigenvalue weighted by Gasteiger charge is 2.50. The SMILES string of the molecule is CC(CNC1CC1)(C1CC1)C1CC1. The molecule has 0 amide bonds. The summed E-state index contributed by atoms with van der Waals surface area (Å²) >= 11 is 0. The summed E-state index contributed by atoms with van der Waals surface area (Å²) in [6.45, 7) is 3.85. The van der Waals surface area contributed by atoms with Gasteiger partial charge in [-0.1, -0.05) is 6.92 Å². The van der Waals surface area contributed by atoms with Crippen LogP contribution >= 0.6 is 0 Å². The Balaban J connectivity index is 1.59. The van der Waals surface area contributed by atoms with Gasteiger partial charge in [-0.25, -0.2) is 0 Å². The molecule has 0 aromatic heterocycles. The first-order chi connectivity index (χ1) is 6.29. The van der Waals surface area contributed by atoms with Crippen molar-refractivity contribution in [1.29, 1.82) is 0 Å². The van der Waals surface area contributed by atoms with Gasteiger partial charge in [0.25, 0.3) is 0 Å². The molecule has 0 saturated heterocycles. The Hall–Kier alpha value is -0.0400. The predicted molar refractivity (Wildman–Crippen MR) is 54.6 cm³/mol. The van der Waals surface area contributed by atoms with Gasteiger partial charge in [-0.15, -0.1) is 0 Å². The number of hydrogen-bond donors (Lipinski definition) is 1. The van der Waals surface area contributed by atoms with Gasteiger partial charge in [0.2, 0.25) is 0 Å². The molecule has 0 heterocycles. The second-order valence-electron chi connectivity index (χ2n) is 5.71. The standard InChI is InChI=1S/C12H21N/c1-12(9-2-3-9,10-4-5-10)8-13-11-6-7-11/h9-11,13H,2-8H2,1H3. The van der Waals surface area contributed by atoms with Crippen LogP contribution in [0.5, 0.6) is 0 Å². The molecule has 1 N–H and O–H groups in total. The van der Waals surface area contributed by atoms with E-state index in [-0.39, 0.29) is 0 Å². The second-order valence-corrected chi connectivity index (χ2v) is 5.71. The Morgan fingerprint density at radius 3 is 1.92 bits per heavy atom. The van der Waals surface area contributed by atoms with Crippen LogP contribution in [0.25, 0.3) is 0 Å². The fraction of sp³-hybridized carbons (Fsp3) is 1.00. The van der Waals surface area contributed by atoms with Crippen LogP contribution in [0, 0.1) is 17.3 Å². The van der Waals surface area contributed by atoms with Crippen LogP contribution in [0.3, 0.4) is 0 Å². The summed E-state index contributed by atoms with van der Waals surface area (Å²) in [4.78, 5) is 0. The lowest BCUT2D eigenvalue weighted by atomic mass is 9.79. The zero-order valence-corrected chi connectivity index (χ0v) is 8.68. The highest BCUT2D eigenvalue weighted by Crippen LogP contribution is 2.57. The van der Waals surface area contributed by atoms with Gasteiger partial charge in [-0.3, -0.25) is 0 Å².